The number of rotatable bonds is 6. The van der Waals surface area contributed by atoms with Crippen molar-refractivity contribution < 1.29 is 22.7 Å². The molecule has 0 saturated carbocycles. The molecule has 0 aliphatic carbocycles. The summed E-state index contributed by atoms with van der Waals surface area (Å²) in [6, 6.07) is 11.3. The number of dihydropyridines is 1. The number of allylic oxidation sites excluding steroid dienone is 3. The van der Waals surface area contributed by atoms with E-state index in [4.69, 9.17) is 32.7 Å². The number of benzene rings is 2. The first kappa shape index (κ1) is 24.2. The van der Waals surface area contributed by atoms with E-state index < -0.39 is 21.7 Å². The van der Waals surface area contributed by atoms with Crippen LogP contribution in [-0.4, -0.2) is 28.1 Å². The molecule has 1 aliphatic heterocycles. The van der Waals surface area contributed by atoms with Gasteiger partial charge in [0.15, 0.2) is 0 Å². The quantitative estimate of drug-likeness (QED) is 0.552. The molecular formula is C23H23Cl2NO5S. The zero-order chi connectivity index (χ0) is 23.6. The zero-order valence-corrected chi connectivity index (χ0v) is 20.4. The van der Waals surface area contributed by atoms with Gasteiger partial charge in [-0.05, 0) is 44.5 Å². The van der Waals surface area contributed by atoms with Gasteiger partial charge in [0.05, 0.1) is 40.2 Å². The number of nitrogens with one attached hydrogen (secondary N) is 1. The normalized spacial score (nSPS) is 16.6. The third-order valence-electron chi connectivity index (χ3n) is 5.13. The van der Waals surface area contributed by atoms with Crippen molar-refractivity contribution in [3.05, 3.63) is 79.9 Å². The second kappa shape index (κ2) is 9.57. The fourth-order valence-corrected chi connectivity index (χ4v) is 6.13. The number of halogens is 2. The molecule has 0 fully saturated rings. The van der Waals surface area contributed by atoms with Gasteiger partial charge < -0.3 is 14.8 Å². The van der Waals surface area contributed by atoms with Gasteiger partial charge in [-0.3, -0.25) is 0 Å². The Kier molecular flexibility index (Phi) is 7.22. The number of methoxy groups -OCH3 is 1. The number of para-hydroxylation sites is 1. The van der Waals surface area contributed by atoms with E-state index >= 15 is 0 Å². The van der Waals surface area contributed by atoms with Gasteiger partial charge in [-0.2, -0.15) is 0 Å². The maximum atomic E-state index is 14.0. The molecule has 1 N–H and O–H groups in total. The van der Waals surface area contributed by atoms with Gasteiger partial charge in [-0.1, -0.05) is 47.5 Å². The highest BCUT2D eigenvalue weighted by atomic mass is 35.5. The number of sulfone groups is 1. The molecule has 6 nitrogen and oxygen atoms in total. The molecule has 1 unspecified atom stereocenters. The molecule has 0 saturated heterocycles. The predicted molar refractivity (Wildman–Crippen MR) is 125 cm³/mol. The Morgan fingerprint density at radius 2 is 1.75 bits per heavy atom. The average Bonchev–Trinajstić information content (AvgIpc) is 2.75. The van der Waals surface area contributed by atoms with Crippen LogP contribution in [0.25, 0.3) is 0 Å². The van der Waals surface area contributed by atoms with Gasteiger partial charge in [-0.25, -0.2) is 13.2 Å². The first-order valence-corrected chi connectivity index (χ1v) is 12.1. The molecule has 0 aromatic heterocycles. The van der Waals surface area contributed by atoms with Crippen molar-refractivity contribution in [2.75, 3.05) is 13.7 Å². The second-order valence-corrected chi connectivity index (χ2v) is 9.78. The topological polar surface area (TPSA) is 81.7 Å². The molecule has 3 rings (SSSR count). The molecule has 1 atom stereocenters. The van der Waals surface area contributed by atoms with Gasteiger partial charge in [-0.15, -0.1) is 0 Å². The third kappa shape index (κ3) is 4.25. The van der Waals surface area contributed by atoms with Crippen LogP contribution < -0.4 is 10.1 Å². The maximum absolute atomic E-state index is 14.0. The van der Waals surface area contributed by atoms with Crippen LogP contribution in [0.3, 0.4) is 0 Å². The van der Waals surface area contributed by atoms with Gasteiger partial charge in [0.1, 0.15) is 10.6 Å². The zero-order valence-electron chi connectivity index (χ0n) is 18.0. The molecule has 2 aromatic carbocycles. The number of carbonyl (C=O) groups is 1. The summed E-state index contributed by atoms with van der Waals surface area (Å²) in [7, 11) is -2.90. The summed E-state index contributed by atoms with van der Waals surface area (Å²) in [5.74, 6) is -1.49. The van der Waals surface area contributed by atoms with Crippen molar-refractivity contribution in [3.63, 3.8) is 0 Å². The van der Waals surface area contributed by atoms with E-state index in [9.17, 15) is 13.2 Å². The van der Waals surface area contributed by atoms with Crippen molar-refractivity contribution in [1.29, 1.82) is 0 Å². The van der Waals surface area contributed by atoms with Gasteiger partial charge >= 0.3 is 5.97 Å². The molecule has 0 amide bonds. The lowest BCUT2D eigenvalue weighted by atomic mass is 9.86. The highest BCUT2D eigenvalue weighted by Gasteiger charge is 2.42. The molecular weight excluding hydrogens is 473 g/mol. The summed E-state index contributed by atoms with van der Waals surface area (Å²) in [6.07, 6.45) is 0. The molecule has 1 aliphatic rings. The van der Waals surface area contributed by atoms with E-state index in [1.54, 1.807) is 57.2 Å². The van der Waals surface area contributed by atoms with Gasteiger partial charge in [0.25, 0.3) is 0 Å². The second-order valence-electron chi connectivity index (χ2n) is 7.10. The van der Waals surface area contributed by atoms with Crippen LogP contribution >= 0.6 is 23.2 Å². The van der Waals surface area contributed by atoms with Crippen LogP contribution in [-0.2, 0) is 19.4 Å². The van der Waals surface area contributed by atoms with Crippen LogP contribution in [0.15, 0.2) is 69.2 Å². The Bertz CT molecular complexity index is 1230. The fourth-order valence-electron chi connectivity index (χ4n) is 3.82. The van der Waals surface area contributed by atoms with E-state index in [2.05, 4.69) is 5.32 Å². The monoisotopic (exact) mass is 495 g/mol. The molecule has 170 valence electrons. The van der Waals surface area contributed by atoms with Crippen LogP contribution in [0.4, 0.5) is 0 Å². The molecule has 2 aromatic rings. The lowest BCUT2D eigenvalue weighted by Crippen LogP contribution is -2.32. The minimum absolute atomic E-state index is 0.00933. The van der Waals surface area contributed by atoms with Crippen LogP contribution in [0.1, 0.15) is 32.3 Å². The lowest BCUT2D eigenvalue weighted by molar-refractivity contribution is -0.136. The van der Waals surface area contributed by atoms with Crippen molar-refractivity contribution in [2.45, 2.75) is 31.6 Å². The highest BCUT2D eigenvalue weighted by Crippen LogP contribution is 2.47. The largest absolute Gasteiger partial charge is 0.493 e. The molecule has 0 bridgehead atoms. The summed E-state index contributed by atoms with van der Waals surface area (Å²) < 4.78 is 38.6. The molecule has 0 radical (unpaired) electrons. The first-order chi connectivity index (χ1) is 15.1. The minimum atomic E-state index is -4.14. The smallest absolute Gasteiger partial charge is 0.336 e. The van der Waals surface area contributed by atoms with Crippen molar-refractivity contribution in [3.8, 4) is 5.75 Å². The molecule has 9 heteroatoms. The van der Waals surface area contributed by atoms with Crippen LogP contribution in [0.5, 0.6) is 5.75 Å². The maximum Gasteiger partial charge on any atom is 0.336 e. The Hall–Kier alpha value is -2.48. The standard InChI is InChI=1S/C23H23Cl2NO5S/c1-5-31-17-11-6-7-12-18(17)32(28,29)22-14(3)26-13(2)19(23(27)30-4)20(22)15-9-8-10-16(24)21(15)25/h6-12,20,26H,5H2,1-4H3. The summed E-state index contributed by atoms with van der Waals surface area (Å²) >= 11 is 12.8. The molecule has 1 heterocycles. The summed E-state index contributed by atoms with van der Waals surface area (Å²) in [6.45, 7) is 5.38. The van der Waals surface area contributed by atoms with Crippen molar-refractivity contribution in [2.24, 2.45) is 0 Å². The van der Waals surface area contributed by atoms with E-state index in [1.165, 1.54) is 13.2 Å². The summed E-state index contributed by atoms with van der Waals surface area (Å²) in [5.41, 5.74) is 1.34. The summed E-state index contributed by atoms with van der Waals surface area (Å²) in [4.78, 5) is 12.8. The minimum Gasteiger partial charge on any atom is -0.493 e. The fraction of sp³-hybridized carbons (Fsp3) is 0.261. The number of ether oxygens (including phenoxy) is 2. The average molecular weight is 496 g/mol. The number of hydrogen-bond acceptors (Lipinski definition) is 6. The highest BCUT2D eigenvalue weighted by molar-refractivity contribution is 7.95. The van der Waals surface area contributed by atoms with E-state index in [-0.39, 0.29) is 31.2 Å². The predicted octanol–water partition coefficient (Wildman–Crippen LogP) is 5.23. The van der Waals surface area contributed by atoms with Crippen molar-refractivity contribution in [1.82, 2.24) is 5.32 Å². The number of hydrogen-bond donors (Lipinski definition) is 1. The van der Waals surface area contributed by atoms with E-state index in [0.29, 0.717) is 23.6 Å². The van der Waals surface area contributed by atoms with Gasteiger partial charge in [0, 0.05) is 11.4 Å². The Labute approximate surface area is 197 Å². The number of carbonyl (C=O) groups excluding carboxylic acids is 1. The number of esters is 1. The Morgan fingerprint density at radius 3 is 2.41 bits per heavy atom. The van der Waals surface area contributed by atoms with Crippen LogP contribution in [0, 0.1) is 0 Å². The van der Waals surface area contributed by atoms with Gasteiger partial charge in [0.2, 0.25) is 9.84 Å². The molecule has 32 heavy (non-hydrogen) atoms. The first-order valence-electron chi connectivity index (χ1n) is 9.82. The Balaban J connectivity index is 2.35. The van der Waals surface area contributed by atoms with Crippen molar-refractivity contribution >= 4 is 39.0 Å². The van der Waals surface area contributed by atoms with E-state index in [0.717, 1.165) is 0 Å². The SMILES string of the molecule is CCOc1ccccc1S(=O)(=O)C1=C(C)NC(C)=C(C(=O)OC)C1c1cccc(Cl)c1Cl. The third-order valence-corrected chi connectivity index (χ3v) is 8.00. The summed E-state index contributed by atoms with van der Waals surface area (Å²) in [5, 5.41) is 3.42. The molecule has 0 spiro atoms. The van der Waals surface area contributed by atoms with Crippen LogP contribution in [0.2, 0.25) is 10.0 Å². The van der Waals surface area contributed by atoms with E-state index in [1.807, 2.05) is 0 Å². The lowest BCUT2D eigenvalue weighted by Gasteiger charge is -2.32. The Morgan fingerprint density at radius 1 is 1.06 bits per heavy atom.